The first kappa shape index (κ1) is 12.2. The van der Waals surface area contributed by atoms with Crippen LogP contribution in [-0.2, 0) is 19.6 Å². The molecule has 0 spiro atoms. The summed E-state index contributed by atoms with van der Waals surface area (Å²) in [7, 11) is -3.97. The zero-order valence-corrected chi connectivity index (χ0v) is 8.90. The number of benzene rings is 1. The molecule has 0 aromatic heterocycles. The van der Waals surface area contributed by atoms with E-state index in [2.05, 4.69) is 0 Å². The van der Waals surface area contributed by atoms with Crippen LogP contribution >= 0.6 is 0 Å². The van der Waals surface area contributed by atoms with Gasteiger partial charge in [0.15, 0.2) is 0 Å². The molecule has 16 heavy (non-hydrogen) atoms. The summed E-state index contributed by atoms with van der Waals surface area (Å²) < 4.78 is 24.7. The van der Waals surface area contributed by atoms with Gasteiger partial charge < -0.3 is 5.11 Å². The van der Waals surface area contributed by atoms with Crippen LogP contribution < -0.4 is 4.72 Å². The van der Waals surface area contributed by atoms with Crippen molar-refractivity contribution in [1.82, 2.24) is 4.72 Å². The van der Waals surface area contributed by atoms with E-state index in [1.165, 1.54) is 24.3 Å². The summed E-state index contributed by atoms with van der Waals surface area (Å²) in [6, 6.07) is 7.22. The van der Waals surface area contributed by atoms with Gasteiger partial charge in [0.05, 0.1) is 4.90 Å². The second kappa shape index (κ2) is 4.75. The van der Waals surface area contributed by atoms with Gasteiger partial charge in [0.1, 0.15) is 6.42 Å². The molecule has 0 saturated heterocycles. The molecule has 0 aliphatic carbocycles. The van der Waals surface area contributed by atoms with E-state index in [9.17, 15) is 18.0 Å². The lowest BCUT2D eigenvalue weighted by atomic mass is 10.4. The summed E-state index contributed by atoms with van der Waals surface area (Å²) in [6.45, 7) is 0. The predicted octanol–water partition coefficient (Wildman–Crippen LogP) is -0.0338. The monoisotopic (exact) mass is 243 g/mol. The van der Waals surface area contributed by atoms with Crippen molar-refractivity contribution < 1.29 is 23.1 Å². The van der Waals surface area contributed by atoms with E-state index in [-0.39, 0.29) is 4.90 Å². The molecule has 0 atom stereocenters. The van der Waals surface area contributed by atoms with Crippen molar-refractivity contribution in [3.05, 3.63) is 30.3 Å². The standard InChI is InChI=1S/C9H9NO5S/c11-8(6-9(12)13)10-16(14,15)7-4-2-1-3-5-7/h1-5H,6H2,(H,10,11)(H,12,13). The Labute approximate surface area is 92.0 Å². The Kier molecular flexibility index (Phi) is 3.62. The summed E-state index contributed by atoms with van der Waals surface area (Å²) in [5, 5.41) is 8.30. The van der Waals surface area contributed by atoms with Gasteiger partial charge in [0.25, 0.3) is 10.0 Å². The number of carboxylic acids is 1. The minimum Gasteiger partial charge on any atom is -0.481 e. The quantitative estimate of drug-likeness (QED) is 0.723. The minimum atomic E-state index is -3.97. The van der Waals surface area contributed by atoms with Crippen molar-refractivity contribution in [2.24, 2.45) is 0 Å². The van der Waals surface area contributed by atoms with Crippen molar-refractivity contribution in [2.45, 2.75) is 11.3 Å². The Balaban J connectivity index is 2.81. The van der Waals surface area contributed by atoms with Crippen molar-refractivity contribution in [1.29, 1.82) is 0 Å². The Morgan fingerprint density at radius 1 is 1.19 bits per heavy atom. The van der Waals surface area contributed by atoms with E-state index in [4.69, 9.17) is 5.11 Å². The number of aliphatic carboxylic acids is 1. The number of carbonyl (C=O) groups excluding carboxylic acids is 1. The van der Waals surface area contributed by atoms with Crippen LogP contribution in [0.4, 0.5) is 0 Å². The highest BCUT2D eigenvalue weighted by molar-refractivity contribution is 7.90. The lowest BCUT2D eigenvalue weighted by Crippen LogP contribution is -2.31. The lowest BCUT2D eigenvalue weighted by Gasteiger charge is -2.04. The number of hydrogen-bond acceptors (Lipinski definition) is 4. The largest absolute Gasteiger partial charge is 0.481 e. The molecule has 0 fully saturated rings. The van der Waals surface area contributed by atoms with Gasteiger partial charge in [-0.15, -0.1) is 0 Å². The van der Waals surface area contributed by atoms with Gasteiger partial charge in [-0.1, -0.05) is 18.2 Å². The fourth-order valence-electron chi connectivity index (χ4n) is 0.982. The molecule has 86 valence electrons. The van der Waals surface area contributed by atoms with Gasteiger partial charge in [-0.2, -0.15) is 0 Å². The highest BCUT2D eigenvalue weighted by atomic mass is 32.2. The van der Waals surface area contributed by atoms with Crippen LogP contribution in [0.1, 0.15) is 6.42 Å². The molecule has 0 radical (unpaired) electrons. The molecule has 6 nitrogen and oxygen atoms in total. The number of carboxylic acid groups (broad SMARTS) is 1. The van der Waals surface area contributed by atoms with Crippen LogP contribution in [0.5, 0.6) is 0 Å². The summed E-state index contributed by atoms with van der Waals surface area (Å²) in [6.07, 6.45) is -0.883. The van der Waals surface area contributed by atoms with Crippen molar-refractivity contribution >= 4 is 21.9 Å². The van der Waals surface area contributed by atoms with Gasteiger partial charge >= 0.3 is 5.97 Å². The fraction of sp³-hybridized carbons (Fsp3) is 0.111. The second-order valence-electron chi connectivity index (χ2n) is 2.91. The number of hydrogen-bond donors (Lipinski definition) is 2. The van der Waals surface area contributed by atoms with Gasteiger partial charge in [0, 0.05) is 0 Å². The molecule has 1 amide bonds. The predicted molar refractivity (Wildman–Crippen MR) is 54.0 cm³/mol. The highest BCUT2D eigenvalue weighted by Gasteiger charge is 2.18. The zero-order chi connectivity index (χ0) is 12.2. The number of nitrogens with one attached hydrogen (secondary N) is 1. The summed E-state index contributed by atoms with van der Waals surface area (Å²) in [5.74, 6) is -2.46. The summed E-state index contributed by atoms with van der Waals surface area (Å²) >= 11 is 0. The van der Waals surface area contributed by atoms with Crippen LogP contribution in [0.25, 0.3) is 0 Å². The fourth-order valence-corrected chi connectivity index (χ4v) is 1.99. The maximum absolute atomic E-state index is 11.5. The molecule has 0 bridgehead atoms. The Bertz CT molecular complexity index is 494. The summed E-state index contributed by atoms with van der Waals surface area (Å²) in [4.78, 5) is 21.1. The summed E-state index contributed by atoms with van der Waals surface area (Å²) in [5.41, 5.74) is 0. The first-order chi connectivity index (χ1) is 7.42. The molecular weight excluding hydrogens is 234 g/mol. The average Bonchev–Trinajstić information content (AvgIpc) is 2.16. The van der Waals surface area contributed by atoms with Crippen LogP contribution in [0.3, 0.4) is 0 Å². The highest BCUT2D eigenvalue weighted by Crippen LogP contribution is 2.06. The average molecular weight is 243 g/mol. The van der Waals surface area contributed by atoms with Gasteiger partial charge in [-0.3, -0.25) is 9.59 Å². The van der Waals surface area contributed by atoms with Crippen molar-refractivity contribution in [3.8, 4) is 0 Å². The minimum absolute atomic E-state index is 0.0891. The third-order valence-electron chi connectivity index (χ3n) is 1.61. The Morgan fingerprint density at radius 2 is 1.75 bits per heavy atom. The molecule has 0 aliphatic heterocycles. The SMILES string of the molecule is O=C(O)CC(=O)NS(=O)(=O)c1ccccc1. The maximum atomic E-state index is 11.5. The number of amides is 1. The van der Waals surface area contributed by atoms with Crippen LogP contribution in [0.15, 0.2) is 35.2 Å². The lowest BCUT2D eigenvalue weighted by molar-refractivity contribution is -0.140. The van der Waals surface area contributed by atoms with E-state index in [0.29, 0.717) is 0 Å². The van der Waals surface area contributed by atoms with E-state index < -0.39 is 28.3 Å². The van der Waals surface area contributed by atoms with Gasteiger partial charge in [-0.05, 0) is 12.1 Å². The Morgan fingerprint density at radius 3 is 2.25 bits per heavy atom. The second-order valence-corrected chi connectivity index (χ2v) is 4.59. The molecule has 1 rings (SSSR count). The molecule has 0 unspecified atom stereocenters. The first-order valence-electron chi connectivity index (χ1n) is 4.24. The van der Waals surface area contributed by atoms with Crippen LogP contribution in [-0.4, -0.2) is 25.4 Å². The van der Waals surface area contributed by atoms with E-state index in [1.807, 2.05) is 0 Å². The topological polar surface area (TPSA) is 101 Å². The zero-order valence-electron chi connectivity index (χ0n) is 8.08. The van der Waals surface area contributed by atoms with Crippen molar-refractivity contribution in [2.75, 3.05) is 0 Å². The number of sulfonamides is 1. The molecule has 1 aromatic carbocycles. The molecular formula is C9H9NO5S. The van der Waals surface area contributed by atoms with Crippen LogP contribution in [0, 0.1) is 0 Å². The number of carbonyl (C=O) groups is 2. The molecule has 1 aromatic rings. The molecule has 7 heteroatoms. The smallest absolute Gasteiger partial charge is 0.312 e. The van der Waals surface area contributed by atoms with Gasteiger partial charge in [-0.25, -0.2) is 13.1 Å². The molecule has 0 heterocycles. The van der Waals surface area contributed by atoms with E-state index >= 15 is 0 Å². The molecule has 0 saturated carbocycles. The third-order valence-corrected chi connectivity index (χ3v) is 3.00. The van der Waals surface area contributed by atoms with Crippen molar-refractivity contribution in [3.63, 3.8) is 0 Å². The Hall–Kier alpha value is -1.89. The third kappa shape index (κ3) is 3.35. The number of rotatable bonds is 4. The van der Waals surface area contributed by atoms with Gasteiger partial charge in [0.2, 0.25) is 5.91 Å². The maximum Gasteiger partial charge on any atom is 0.312 e. The molecule has 0 aliphatic rings. The normalized spacial score (nSPS) is 10.8. The first-order valence-corrected chi connectivity index (χ1v) is 5.72. The van der Waals surface area contributed by atoms with E-state index in [1.54, 1.807) is 10.8 Å². The molecule has 2 N–H and O–H groups in total. The van der Waals surface area contributed by atoms with E-state index in [0.717, 1.165) is 0 Å². The van der Waals surface area contributed by atoms with Crippen LogP contribution in [0.2, 0.25) is 0 Å².